The molecule has 1 atom stereocenters. The van der Waals surface area contributed by atoms with Crippen LogP contribution in [0.3, 0.4) is 0 Å². The lowest BCUT2D eigenvalue weighted by atomic mass is 9.92. The summed E-state index contributed by atoms with van der Waals surface area (Å²) in [5.41, 5.74) is -0.809. The van der Waals surface area contributed by atoms with Gasteiger partial charge in [0.25, 0.3) is 0 Å². The first kappa shape index (κ1) is 13.5. The molecule has 1 unspecified atom stereocenters. The second-order valence-corrected chi connectivity index (χ2v) is 5.73. The SMILES string of the molecule is CCNC(CN1CCn2cnnc2C1)(C(=O)O)C1CC1. The third-order valence-electron chi connectivity index (χ3n) is 4.34. The van der Waals surface area contributed by atoms with E-state index in [1.54, 1.807) is 6.33 Å². The molecule has 1 saturated carbocycles. The van der Waals surface area contributed by atoms with Crippen molar-refractivity contribution in [3.8, 4) is 0 Å². The van der Waals surface area contributed by atoms with Crippen molar-refractivity contribution in [3.63, 3.8) is 0 Å². The van der Waals surface area contributed by atoms with Gasteiger partial charge in [-0.1, -0.05) is 6.92 Å². The van der Waals surface area contributed by atoms with E-state index in [0.717, 1.165) is 31.8 Å². The van der Waals surface area contributed by atoms with Gasteiger partial charge in [-0.3, -0.25) is 9.69 Å². The Morgan fingerprint density at radius 3 is 3.00 bits per heavy atom. The Morgan fingerprint density at radius 2 is 2.35 bits per heavy atom. The van der Waals surface area contributed by atoms with E-state index in [4.69, 9.17) is 0 Å². The van der Waals surface area contributed by atoms with Gasteiger partial charge in [0.15, 0.2) is 0 Å². The highest BCUT2D eigenvalue weighted by atomic mass is 16.4. The fourth-order valence-corrected chi connectivity index (χ4v) is 3.14. The second kappa shape index (κ2) is 5.14. The molecular weight excluding hydrogens is 258 g/mol. The Bertz CT molecular complexity index is 499. The number of hydrogen-bond acceptors (Lipinski definition) is 5. The maximum atomic E-state index is 11.8. The van der Waals surface area contributed by atoms with Gasteiger partial charge in [0.2, 0.25) is 0 Å². The summed E-state index contributed by atoms with van der Waals surface area (Å²) >= 11 is 0. The van der Waals surface area contributed by atoms with Crippen molar-refractivity contribution in [2.75, 3.05) is 19.6 Å². The van der Waals surface area contributed by atoms with Gasteiger partial charge in [-0.05, 0) is 25.3 Å². The molecule has 1 aromatic rings. The van der Waals surface area contributed by atoms with E-state index in [2.05, 4.69) is 20.4 Å². The highest BCUT2D eigenvalue weighted by molar-refractivity contribution is 5.80. The molecule has 0 spiro atoms. The van der Waals surface area contributed by atoms with Crippen LogP contribution in [-0.2, 0) is 17.9 Å². The number of nitrogens with one attached hydrogen (secondary N) is 1. The number of carbonyl (C=O) groups is 1. The van der Waals surface area contributed by atoms with E-state index in [1.165, 1.54) is 0 Å². The molecule has 7 nitrogen and oxygen atoms in total. The molecule has 1 aliphatic heterocycles. The van der Waals surface area contributed by atoms with E-state index < -0.39 is 11.5 Å². The topological polar surface area (TPSA) is 83.3 Å². The lowest BCUT2D eigenvalue weighted by molar-refractivity contribution is -0.147. The Kier molecular flexibility index (Phi) is 3.47. The van der Waals surface area contributed by atoms with E-state index in [0.29, 0.717) is 19.6 Å². The van der Waals surface area contributed by atoms with Crippen LogP contribution >= 0.6 is 0 Å². The molecular formula is C13H21N5O2. The van der Waals surface area contributed by atoms with Gasteiger partial charge in [0, 0.05) is 19.6 Å². The predicted octanol–water partition coefficient (Wildman–Crippen LogP) is -0.0634. The van der Waals surface area contributed by atoms with Crippen LogP contribution in [-0.4, -0.2) is 55.9 Å². The molecule has 0 amide bonds. The van der Waals surface area contributed by atoms with E-state index in [9.17, 15) is 9.90 Å². The molecule has 0 bridgehead atoms. The fourth-order valence-electron chi connectivity index (χ4n) is 3.14. The molecule has 2 aliphatic rings. The van der Waals surface area contributed by atoms with Gasteiger partial charge in [0.1, 0.15) is 17.7 Å². The monoisotopic (exact) mass is 279 g/mol. The lowest BCUT2D eigenvalue weighted by Gasteiger charge is -2.37. The van der Waals surface area contributed by atoms with Crippen LogP contribution in [0.15, 0.2) is 6.33 Å². The minimum absolute atomic E-state index is 0.250. The number of carboxylic acid groups (broad SMARTS) is 1. The van der Waals surface area contributed by atoms with Gasteiger partial charge in [-0.2, -0.15) is 0 Å². The minimum atomic E-state index is -0.809. The predicted molar refractivity (Wildman–Crippen MR) is 72.1 cm³/mol. The van der Waals surface area contributed by atoms with Gasteiger partial charge < -0.3 is 15.0 Å². The van der Waals surface area contributed by atoms with Crippen molar-refractivity contribution in [3.05, 3.63) is 12.2 Å². The van der Waals surface area contributed by atoms with E-state index in [-0.39, 0.29) is 5.92 Å². The average molecular weight is 279 g/mol. The standard InChI is InChI=1S/C13H21N5O2/c1-2-14-13(12(19)20,10-3-4-10)8-17-5-6-18-9-15-16-11(18)7-17/h9-10,14H,2-8H2,1H3,(H,19,20). The largest absolute Gasteiger partial charge is 0.480 e. The first-order valence-electron chi connectivity index (χ1n) is 7.23. The Labute approximate surface area is 118 Å². The van der Waals surface area contributed by atoms with Crippen molar-refractivity contribution >= 4 is 5.97 Å². The normalized spacial score (nSPS) is 22.2. The number of carboxylic acids is 1. The van der Waals surface area contributed by atoms with Crippen molar-refractivity contribution < 1.29 is 9.90 Å². The van der Waals surface area contributed by atoms with Gasteiger partial charge >= 0.3 is 5.97 Å². The Balaban J connectivity index is 1.75. The van der Waals surface area contributed by atoms with Crippen LogP contribution in [0.1, 0.15) is 25.6 Å². The molecule has 0 radical (unpaired) electrons. The molecule has 0 aromatic carbocycles. The first-order chi connectivity index (χ1) is 9.65. The number of nitrogens with zero attached hydrogens (tertiary/aromatic N) is 4. The van der Waals surface area contributed by atoms with Crippen LogP contribution in [0.5, 0.6) is 0 Å². The maximum Gasteiger partial charge on any atom is 0.325 e. The number of rotatable bonds is 6. The smallest absolute Gasteiger partial charge is 0.325 e. The third-order valence-corrected chi connectivity index (χ3v) is 4.34. The first-order valence-corrected chi connectivity index (χ1v) is 7.23. The highest BCUT2D eigenvalue weighted by Crippen LogP contribution is 2.40. The second-order valence-electron chi connectivity index (χ2n) is 5.73. The summed E-state index contributed by atoms with van der Waals surface area (Å²) in [7, 11) is 0. The summed E-state index contributed by atoms with van der Waals surface area (Å²) in [6, 6.07) is 0. The number of aromatic nitrogens is 3. The number of aliphatic carboxylic acids is 1. The maximum absolute atomic E-state index is 11.8. The number of likely N-dealkylation sites (N-methyl/N-ethyl adjacent to an activating group) is 1. The highest BCUT2D eigenvalue weighted by Gasteiger charge is 2.51. The van der Waals surface area contributed by atoms with Crippen LogP contribution in [0.25, 0.3) is 0 Å². The van der Waals surface area contributed by atoms with Gasteiger partial charge in [-0.25, -0.2) is 0 Å². The third kappa shape index (κ3) is 2.31. The van der Waals surface area contributed by atoms with Crippen molar-refractivity contribution in [2.24, 2.45) is 5.92 Å². The molecule has 2 heterocycles. The molecule has 1 aromatic heterocycles. The Morgan fingerprint density at radius 1 is 1.55 bits per heavy atom. The van der Waals surface area contributed by atoms with E-state index >= 15 is 0 Å². The Hall–Kier alpha value is -1.47. The van der Waals surface area contributed by atoms with Crippen LogP contribution in [0.2, 0.25) is 0 Å². The summed E-state index contributed by atoms with van der Waals surface area (Å²) in [5, 5.41) is 21.0. The zero-order valence-electron chi connectivity index (χ0n) is 11.7. The molecule has 3 rings (SSSR count). The van der Waals surface area contributed by atoms with Gasteiger partial charge in [0.05, 0.1) is 6.54 Å². The number of fused-ring (bicyclic) bond motifs is 1. The molecule has 110 valence electrons. The van der Waals surface area contributed by atoms with Crippen LogP contribution in [0, 0.1) is 5.92 Å². The summed E-state index contributed by atoms with van der Waals surface area (Å²) in [5.74, 6) is 0.441. The quantitative estimate of drug-likeness (QED) is 0.759. The molecule has 7 heteroatoms. The molecule has 1 fully saturated rings. The summed E-state index contributed by atoms with van der Waals surface area (Å²) in [6.07, 6.45) is 3.74. The summed E-state index contributed by atoms with van der Waals surface area (Å²) < 4.78 is 2.03. The number of hydrogen-bond donors (Lipinski definition) is 2. The fraction of sp³-hybridized carbons (Fsp3) is 0.769. The minimum Gasteiger partial charge on any atom is -0.480 e. The zero-order chi connectivity index (χ0) is 14.2. The molecule has 2 N–H and O–H groups in total. The zero-order valence-corrected chi connectivity index (χ0v) is 11.7. The lowest BCUT2D eigenvalue weighted by Crippen LogP contribution is -2.61. The van der Waals surface area contributed by atoms with E-state index in [1.807, 2.05) is 11.5 Å². The molecule has 1 aliphatic carbocycles. The molecule has 20 heavy (non-hydrogen) atoms. The van der Waals surface area contributed by atoms with Crippen LogP contribution < -0.4 is 5.32 Å². The van der Waals surface area contributed by atoms with Gasteiger partial charge in [-0.15, -0.1) is 10.2 Å². The van der Waals surface area contributed by atoms with Crippen molar-refractivity contribution in [2.45, 2.75) is 38.4 Å². The summed E-state index contributed by atoms with van der Waals surface area (Å²) in [6.45, 7) is 5.52. The molecule has 0 saturated heterocycles. The van der Waals surface area contributed by atoms with Crippen molar-refractivity contribution in [1.82, 2.24) is 25.0 Å². The van der Waals surface area contributed by atoms with Crippen LogP contribution in [0.4, 0.5) is 0 Å². The summed E-state index contributed by atoms with van der Waals surface area (Å²) in [4.78, 5) is 14.0. The average Bonchev–Trinajstić information content (AvgIpc) is 3.17. The van der Waals surface area contributed by atoms with Crippen molar-refractivity contribution in [1.29, 1.82) is 0 Å².